The van der Waals surface area contributed by atoms with E-state index in [1.165, 1.54) is 24.0 Å². The van der Waals surface area contributed by atoms with Gasteiger partial charge in [0.25, 0.3) is 0 Å². The lowest BCUT2D eigenvalue weighted by atomic mass is 10.2. The van der Waals surface area contributed by atoms with Crippen LogP contribution in [0.3, 0.4) is 0 Å². The highest BCUT2D eigenvalue weighted by atomic mass is 19.1. The van der Waals surface area contributed by atoms with Gasteiger partial charge in [-0.1, -0.05) is 0 Å². The Morgan fingerprint density at radius 3 is 2.59 bits per heavy atom. The molecule has 1 atom stereocenters. The summed E-state index contributed by atoms with van der Waals surface area (Å²) in [5.74, 6) is -0.587. The maximum absolute atomic E-state index is 15.0. The molecule has 0 radical (unpaired) electrons. The second kappa shape index (κ2) is 9.67. The van der Waals surface area contributed by atoms with Crippen molar-refractivity contribution >= 4 is 29.2 Å². The van der Waals surface area contributed by atoms with Gasteiger partial charge in [-0.05, 0) is 29.2 Å². The van der Waals surface area contributed by atoms with Crippen LogP contribution in [0.1, 0.15) is 12.6 Å². The van der Waals surface area contributed by atoms with Crippen molar-refractivity contribution in [2.45, 2.75) is 19.6 Å². The Morgan fingerprint density at radius 1 is 1.24 bits per heavy atom. The number of halogens is 1. The minimum atomic E-state index is -0.572. The summed E-state index contributed by atoms with van der Waals surface area (Å²) >= 11 is 0. The van der Waals surface area contributed by atoms with E-state index in [1.807, 2.05) is 4.90 Å². The van der Waals surface area contributed by atoms with Gasteiger partial charge in [0.1, 0.15) is 17.6 Å². The lowest BCUT2D eigenvalue weighted by Crippen LogP contribution is -2.46. The summed E-state index contributed by atoms with van der Waals surface area (Å²) in [4.78, 5) is 39.4. The van der Waals surface area contributed by atoms with Crippen molar-refractivity contribution < 1.29 is 23.6 Å². The molecule has 182 valence electrons. The summed E-state index contributed by atoms with van der Waals surface area (Å²) in [5, 5.41) is 13.7. The minimum Gasteiger partial charge on any atom is -0.442 e. The molecule has 2 aromatic rings. The van der Waals surface area contributed by atoms with Gasteiger partial charge in [-0.15, -0.1) is 0 Å². The molecule has 2 aliphatic heterocycles. The molecule has 2 aliphatic rings. The highest BCUT2D eigenvalue weighted by Crippen LogP contribution is 2.29. The lowest BCUT2D eigenvalue weighted by Gasteiger charge is -2.36. The van der Waals surface area contributed by atoms with E-state index in [9.17, 15) is 24.1 Å². The predicted molar refractivity (Wildman–Crippen MR) is 122 cm³/mol. The Morgan fingerprint density at radius 2 is 1.97 bits per heavy atom. The largest absolute Gasteiger partial charge is 0.442 e. The SMILES string of the molecule is CC(=O)NC[C@H]1CN(c2ccc(N3CCN(Cc4ccc([N+](=O)[O-])n4C)CC3)c(F)c2)C(=O)O1. The van der Waals surface area contributed by atoms with Crippen molar-refractivity contribution in [3.05, 3.63) is 52.0 Å². The Kier molecular flexibility index (Phi) is 6.68. The first kappa shape index (κ1) is 23.5. The fraction of sp³-hybridized carbons (Fsp3) is 0.455. The van der Waals surface area contributed by atoms with Crippen molar-refractivity contribution in [2.75, 3.05) is 49.1 Å². The summed E-state index contributed by atoms with van der Waals surface area (Å²) in [5.41, 5.74) is 1.71. The molecule has 2 fully saturated rings. The number of hydrogen-bond acceptors (Lipinski definition) is 7. The predicted octanol–water partition coefficient (Wildman–Crippen LogP) is 1.86. The second-order valence-corrected chi connectivity index (χ2v) is 8.45. The number of carbonyl (C=O) groups is 2. The standard InChI is InChI=1S/C22H27FN6O5/c1-15(30)24-12-18-14-28(22(31)34-18)16-3-5-20(19(23)11-16)27-9-7-26(8-10-27)13-17-4-6-21(25(17)2)29(32)33/h3-6,11,18H,7-10,12-14H2,1-2H3,(H,24,30)/t18-/m0/s1. The number of nitrogens with one attached hydrogen (secondary N) is 1. The van der Waals surface area contributed by atoms with Crippen LogP contribution in [0, 0.1) is 15.9 Å². The third-order valence-corrected chi connectivity index (χ3v) is 6.18. The Bertz CT molecular complexity index is 1100. The molecule has 0 aliphatic carbocycles. The summed E-state index contributed by atoms with van der Waals surface area (Å²) < 4.78 is 21.8. The Balaban J connectivity index is 1.35. The number of nitrogens with zero attached hydrogens (tertiary/aromatic N) is 5. The van der Waals surface area contributed by atoms with Crippen LogP contribution in [0.5, 0.6) is 0 Å². The first-order valence-corrected chi connectivity index (χ1v) is 11.0. The topological polar surface area (TPSA) is 113 Å². The molecule has 0 spiro atoms. The van der Waals surface area contributed by atoms with Crippen LogP contribution in [0.2, 0.25) is 0 Å². The van der Waals surface area contributed by atoms with Crippen LogP contribution >= 0.6 is 0 Å². The number of rotatable bonds is 7. The molecule has 12 heteroatoms. The van der Waals surface area contributed by atoms with Crippen molar-refractivity contribution in [1.29, 1.82) is 0 Å². The van der Waals surface area contributed by atoms with Gasteiger partial charge >= 0.3 is 11.9 Å². The third-order valence-electron chi connectivity index (χ3n) is 6.18. The van der Waals surface area contributed by atoms with Gasteiger partial charge in [-0.2, -0.15) is 0 Å². The fourth-order valence-electron chi connectivity index (χ4n) is 4.28. The first-order chi connectivity index (χ1) is 16.2. The zero-order valence-electron chi connectivity index (χ0n) is 19.1. The van der Waals surface area contributed by atoms with E-state index in [-0.39, 0.29) is 24.8 Å². The summed E-state index contributed by atoms with van der Waals surface area (Å²) in [6, 6.07) is 7.94. The maximum atomic E-state index is 15.0. The van der Waals surface area contributed by atoms with Gasteiger partial charge in [0.05, 0.1) is 38.1 Å². The molecule has 0 bridgehead atoms. The van der Waals surface area contributed by atoms with Gasteiger partial charge in [-0.3, -0.25) is 14.6 Å². The number of aromatic nitrogens is 1. The number of cyclic esters (lactones) is 1. The zero-order valence-corrected chi connectivity index (χ0v) is 19.1. The Hall–Kier alpha value is -3.67. The number of benzene rings is 1. The molecule has 34 heavy (non-hydrogen) atoms. The smallest absolute Gasteiger partial charge is 0.414 e. The lowest BCUT2D eigenvalue weighted by molar-refractivity contribution is -0.391. The van der Waals surface area contributed by atoms with Crippen molar-refractivity contribution in [3.8, 4) is 0 Å². The normalized spacial score (nSPS) is 18.8. The van der Waals surface area contributed by atoms with Crippen LogP contribution in [-0.4, -0.2) is 71.8 Å². The molecule has 4 rings (SSSR count). The first-order valence-electron chi connectivity index (χ1n) is 11.0. The van der Waals surface area contributed by atoms with E-state index in [2.05, 4.69) is 10.2 Å². The molecule has 3 heterocycles. The highest BCUT2D eigenvalue weighted by Gasteiger charge is 2.33. The van der Waals surface area contributed by atoms with Gasteiger partial charge in [0.15, 0.2) is 0 Å². The molecule has 1 aromatic heterocycles. The van der Waals surface area contributed by atoms with Crippen LogP contribution < -0.4 is 15.1 Å². The minimum absolute atomic E-state index is 0.0547. The number of amides is 2. The third kappa shape index (κ3) is 4.96. The van der Waals surface area contributed by atoms with Gasteiger partial charge < -0.3 is 25.1 Å². The Labute approximate surface area is 195 Å². The summed E-state index contributed by atoms with van der Waals surface area (Å²) in [6.45, 7) is 4.98. The maximum Gasteiger partial charge on any atom is 0.414 e. The number of anilines is 2. The molecule has 11 nitrogen and oxygen atoms in total. The van der Waals surface area contributed by atoms with Gasteiger partial charge in [0.2, 0.25) is 5.91 Å². The van der Waals surface area contributed by atoms with E-state index < -0.39 is 22.9 Å². The number of nitro groups is 1. The van der Waals surface area contributed by atoms with E-state index >= 15 is 0 Å². The van der Waals surface area contributed by atoms with E-state index in [1.54, 1.807) is 29.8 Å². The zero-order chi connectivity index (χ0) is 24.4. The van der Waals surface area contributed by atoms with E-state index in [0.717, 1.165) is 5.69 Å². The average Bonchev–Trinajstić information content (AvgIpc) is 3.35. The van der Waals surface area contributed by atoms with Gasteiger partial charge in [0, 0.05) is 39.2 Å². The molecule has 0 unspecified atom stereocenters. The molecule has 1 N–H and O–H groups in total. The molecular weight excluding hydrogens is 447 g/mol. The molecule has 2 amide bonds. The quantitative estimate of drug-likeness (QED) is 0.481. The average molecular weight is 474 g/mol. The fourth-order valence-corrected chi connectivity index (χ4v) is 4.28. The van der Waals surface area contributed by atoms with Gasteiger partial charge in [-0.25, -0.2) is 13.8 Å². The molecule has 1 aromatic carbocycles. The molecule has 2 saturated heterocycles. The van der Waals surface area contributed by atoms with Crippen molar-refractivity contribution in [1.82, 2.24) is 14.8 Å². The van der Waals surface area contributed by atoms with Crippen molar-refractivity contribution in [2.24, 2.45) is 7.05 Å². The monoisotopic (exact) mass is 474 g/mol. The molecule has 0 saturated carbocycles. The summed E-state index contributed by atoms with van der Waals surface area (Å²) in [7, 11) is 1.68. The highest BCUT2D eigenvalue weighted by molar-refractivity contribution is 5.90. The van der Waals surface area contributed by atoms with E-state index in [0.29, 0.717) is 44.1 Å². The number of hydrogen-bond donors (Lipinski definition) is 1. The second-order valence-electron chi connectivity index (χ2n) is 8.45. The van der Waals surface area contributed by atoms with Crippen LogP contribution in [0.15, 0.2) is 30.3 Å². The van der Waals surface area contributed by atoms with Crippen molar-refractivity contribution in [3.63, 3.8) is 0 Å². The number of carbonyl (C=O) groups excluding carboxylic acids is 2. The number of piperazine rings is 1. The molecular formula is C22H27FN6O5. The van der Waals surface area contributed by atoms with Crippen LogP contribution in [-0.2, 0) is 23.1 Å². The summed E-state index contributed by atoms with van der Waals surface area (Å²) in [6.07, 6.45) is -1.06. The van der Waals surface area contributed by atoms with Crippen LogP contribution in [0.4, 0.5) is 26.4 Å². The van der Waals surface area contributed by atoms with Crippen LogP contribution in [0.25, 0.3) is 0 Å². The number of ether oxygens (including phenoxy) is 1. The van der Waals surface area contributed by atoms with E-state index in [4.69, 9.17) is 4.74 Å².